The Kier molecular flexibility index (Phi) is 2.80. The third-order valence-corrected chi connectivity index (χ3v) is 6.31. The lowest BCUT2D eigenvalue weighted by Gasteiger charge is -2.31. The van der Waals surface area contributed by atoms with Gasteiger partial charge in [-0.15, -0.1) is 0 Å². The van der Waals surface area contributed by atoms with Crippen LogP contribution in [0.15, 0.2) is 0 Å². The number of alkyl halides is 1. The van der Waals surface area contributed by atoms with Gasteiger partial charge < -0.3 is 4.43 Å². The second kappa shape index (κ2) is 3.11. The van der Waals surface area contributed by atoms with E-state index >= 15 is 0 Å². The molecule has 1 unspecified atom stereocenters. The highest BCUT2D eigenvalue weighted by atomic mass is 127. The Balaban J connectivity index is 2.56. The Morgan fingerprint density at radius 3 is 2.20 bits per heavy atom. The lowest BCUT2D eigenvalue weighted by molar-refractivity contribution is 0.124. The first-order chi connectivity index (χ1) is 4.61. The monoisotopic (exact) mass is 270 g/mol. The maximum atomic E-state index is 5.65. The van der Waals surface area contributed by atoms with Gasteiger partial charge in [0.05, 0.1) is 0 Å². The predicted octanol–water partition coefficient (Wildman–Crippen LogP) is 1.48. The molecule has 0 radical (unpaired) electrons. The summed E-state index contributed by atoms with van der Waals surface area (Å²) in [5.41, 5.74) is 0. The molecule has 0 bridgehead atoms. The number of hydrogen-bond acceptors (Lipinski definition) is 1. The van der Waals surface area contributed by atoms with Crippen molar-refractivity contribution in [2.45, 2.75) is 30.3 Å². The molecule has 1 nitrogen and oxygen atoms in total. The summed E-state index contributed by atoms with van der Waals surface area (Å²) in [6, 6.07) is 0. The molecule has 0 aromatic heterocycles. The van der Waals surface area contributed by atoms with Gasteiger partial charge in [0.1, 0.15) is 14.1 Å². The highest BCUT2D eigenvalue weighted by Crippen LogP contribution is 2.49. The van der Waals surface area contributed by atoms with Gasteiger partial charge in [0, 0.05) is 0 Å². The van der Waals surface area contributed by atoms with Crippen LogP contribution in [0.5, 0.6) is 0 Å². The third kappa shape index (κ3) is 1.56. The molecule has 0 saturated heterocycles. The molecule has 0 aliphatic heterocycles. The van der Waals surface area contributed by atoms with Gasteiger partial charge in [-0.05, 0) is 47.3 Å². The zero-order chi connectivity index (χ0) is 7.78. The Labute approximate surface area is 79.6 Å². The first-order valence-electron chi connectivity index (χ1n) is 3.85. The fourth-order valence-corrected chi connectivity index (χ4v) is 2.78. The topological polar surface area (TPSA) is 9.23 Å². The number of halogens is 1. The third-order valence-electron chi connectivity index (χ3n) is 2.23. The van der Waals surface area contributed by atoms with Crippen molar-refractivity contribution in [1.29, 1.82) is 0 Å². The minimum atomic E-state index is 0.185. The molecule has 0 spiro atoms. The van der Waals surface area contributed by atoms with E-state index in [1.54, 1.807) is 0 Å². The van der Waals surface area contributed by atoms with E-state index in [2.05, 4.69) is 36.4 Å². The van der Waals surface area contributed by atoms with Gasteiger partial charge >= 0.3 is 0 Å². The van der Waals surface area contributed by atoms with Crippen LogP contribution in [0.25, 0.3) is 0 Å². The van der Waals surface area contributed by atoms with Gasteiger partial charge in [0.2, 0.25) is 0 Å². The molecule has 60 valence electrons. The lowest BCUT2D eigenvalue weighted by Crippen LogP contribution is -2.32. The summed E-state index contributed by atoms with van der Waals surface area (Å²) in [7, 11) is 0.875. The van der Waals surface area contributed by atoms with E-state index in [4.69, 9.17) is 4.43 Å². The SMILES string of the molecule is CC(C)C(I)(O[SiH3])C1CC1. The number of hydrogen-bond donors (Lipinski definition) is 0. The van der Waals surface area contributed by atoms with Gasteiger partial charge in [-0.3, -0.25) is 0 Å². The van der Waals surface area contributed by atoms with Crippen molar-refractivity contribution < 1.29 is 4.43 Å². The molecule has 1 rings (SSSR count). The normalized spacial score (nSPS) is 25.2. The molecular formula is C7H15IOSi. The van der Waals surface area contributed by atoms with E-state index in [0.29, 0.717) is 5.92 Å². The van der Waals surface area contributed by atoms with Gasteiger partial charge in [0.25, 0.3) is 0 Å². The van der Waals surface area contributed by atoms with E-state index in [1.807, 2.05) is 0 Å². The van der Waals surface area contributed by atoms with Crippen molar-refractivity contribution in [2.24, 2.45) is 11.8 Å². The average Bonchev–Trinajstić information content (AvgIpc) is 2.67. The largest absolute Gasteiger partial charge is 0.413 e. The molecule has 0 N–H and O–H groups in total. The second-order valence-corrected chi connectivity index (χ2v) is 5.43. The summed E-state index contributed by atoms with van der Waals surface area (Å²) in [6.45, 7) is 4.51. The van der Waals surface area contributed by atoms with Crippen LogP contribution in [0.1, 0.15) is 26.7 Å². The minimum absolute atomic E-state index is 0.185. The fraction of sp³-hybridized carbons (Fsp3) is 1.00. The van der Waals surface area contributed by atoms with Gasteiger partial charge in [-0.25, -0.2) is 0 Å². The molecule has 0 aromatic rings. The summed E-state index contributed by atoms with van der Waals surface area (Å²) in [6.07, 6.45) is 2.76. The Morgan fingerprint density at radius 1 is 1.60 bits per heavy atom. The van der Waals surface area contributed by atoms with Crippen molar-refractivity contribution in [1.82, 2.24) is 0 Å². The predicted molar refractivity (Wildman–Crippen MR) is 55.3 cm³/mol. The summed E-state index contributed by atoms with van der Waals surface area (Å²) in [5, 5.41) is 0. The Hall–Kier alpha value is 0.907. The van der Waals surface area contributed by atoms with Crippen LogP contribution in [-0.2, 0) is 4.43 Å². The fourth-order valence-electron chi connectivity index (χ4n) is 1.35. The molecule has 1 fully saturated rings. The molecule has 3 heteroatoms. The molecule has 1 saturated carbocycles. The average molecular weight is 270 g/mol. The number of rotatable bonds is 3. The van der Waals surface area contributed by atoms with Gasteiger partial charge in [-0.1, -0.05) is 13.8 Å². The molecule has 0 amide bonds. The van der Waals surface area contributed by atoms with Crippen LogP contribution >= 0.6 is 22.6 Å². The molecule has 1 aliphatic carbocycles. The van der Waals surface area contributed by atoms with E-state index in [0.717, 1.165) is 16.4 Å². The van der Waals surface area contributed by atoms with E-state index in [-0.39, 0.29) is 3.61 Å². The summed E-state index contributed by atoms with van der Waals surface area (Å²) in [5.74, 6) is 1.52. The first kappa shape index (κ1) is 9.00. The summed E-state index contributed by atoms with van der Waals surface area (Å²) >= 11 is 2.49. The van der Waals surface area contributed by atoms with Crippen LogP contribution in [0.2, 0.25) is 0 Å². The van der Waals surface area contributed by atoms with Crippen molar-refractivity contribution >= 4 is 33.1 Å². The first-order valence-corrected chi connectivity index (χ1v) is 5.75. The molecule has 10 heavy (non-hydrogen) atoms. The molecule has 1 atom stereocenters. The molecule has 0 heterocycles. The zero-order valence-electron chi connectivity index (χ0n) is 6.86. The smallest absolute Gasteiger partial charge is 0.147 e. The lowest BCUT2D eigenvalue weighted by atomic mass is 10.0. The van der Waals surface area contributed by atoms with Crippen LogP contribution in [-0.4, -0.2) is 14.1 Å². The van der Waals surface area contributed by atoms with Crippen molar-refractivity contribution in [3.8, 4) is 0 Å². The van der Waals surface area contributed by atoms with Gasteiger partial charge in [0.15, 0.2) is 0 Å². The molecule has 1 aliphatic rings. The van der Waals surface area contributed by atoms with Gasteiger partial charge in [-0.2, -0.15) is 0 Å². The van der Waals surface area contributed by atoms with Crippen molar-refractivity contribution in [3.05, 3.63) is 0 Å². The highest BCUT2D eigenvalue weighted by Gasteiger charge is 2.45. The van der Waals surface area contributed by atoms with E-state index < -0.39 is 0 Å². The summed E-state index contributed by atoms with van der Waals surface area (Å²) < 4.78 is 5.83. The summed E-state index contributed by atoms with van der Waals surface area (Å²) in [4.78, 5) is 0. The Morgan fingerprint density at radius 2 is 2.10 bits per heavy atom. The zero-order valence-corrected chi connectivity index (χ0v) is 11.0. The quantitative estimate of drug-likeness (QED) is 0.429. The maximum Gasteiger partial charge on any atom is 0.147 e. The standard InChI is InChI=1S/C7H15IOSi/c1-5(2)7(8,9-10)6-3-4-6/h5-6H,3-4H2,1-2,10H3. The van der Waals surface area contributed by atoms with Crippen LogP contribution in [0.4, 0.5) is 0 Å². The van der Waals surface area contributed by atoms with Crippen LogP contribution in [0, 0.1) is 11.8 Å². The minimum Gasteiger partial charge on any atom is -0.413 e. The second-order valence-electron chi connectivity index (χ2n) is 3.33. The van der Waals surface area contributed by atoms with Crippen LogP contribution in [0.3, 0.4) is 0 Å². The maximum absolute atomic E-state index is 5.65. The Bertz CT molecular complexity index is 121. The van der Waals surface area contributed by atoms with Crippen LogP contribution < -0.4 is 0 Å². The van der Waals surface area contributed by atoms with E-state index in [9.17, 15) is 0 Å². The van der Waals surface area contributed by atoms with E-state index in [1.165, 1.54) is 12.8 Å². The van der Waals surface area contributed by atoms with Crippen molar-refractivity contribution in [3.63, 3.8) is 0 Å². The van der Waals surface area contributed by atoms with Crippen molar-refractivity contribution in [2.75, 3.05) is 0 Å². The molecular weight excluding hydrogens is 255 g/mol. The molecule has 0 aromatic carbocycles. The highest BCUT2D eigenvalue weighted by molar-refractivity contribution is 14.1.